The second kappa shape index (κ2) is 13.5. The van der Waals surface area contributed by atoms with E-state index in [9.17, 15) is 9.59 Å². The number of carbonyl (C=O) groups excluding carboxylic acids is 2. The highest BCUT2D eigenvalue weighted by Crippen LogP contribution is 2.18. The van der Waals surface area contributed by atoms with E-state index in [2.05, 4.69) is 20.9 Å². The average Bonchev–Trinajstić information content (AvgIpc) is 2.80. The lowest BCUT2D eigenvalue weighted by molar-refractivity contribution is -0.112. The van der Waals surface area contributed by atoms with E-state index in [1.165, 1.54) is 0 Å². The number of amides is 2. The van der Waals surface area contributed by atoms with Crippen LogP contribution in [0, 0.1) is 0 Å². The maximum atomic E-state index is 12.7. The van der Waals surface area contributed by atoms with Crippen molar-refractivity contribution in [3.63, 3.8) is 0 Å². The molecule has 0 aliphatic carbocycles. The zero-order chi connectivity index (χ0) is 24.1. The van der Waals surface area contributed by atoms with E-state index < -0.39 is 0 Å². The number of unbranched alkanes of at least 4 members (excludes halogenated alkanes) is 1. The molecule has 1 heterocycles. The van der Waals surface area contributed by atoms with Crippen LogP contribution in [0.5, 0.6) is 0 Å². The Morgan fingerprint density at radius 1 is 0.970 bits per heavy atom. The Kier molecular flexibility index (Phi) is 10.4. The van der Waals surface area contributed by atoms with Gasteiger partial charge in [0, 0.05) is 36.8 Å². The number of nitrogens with two attached hydrogens (primary N) is 1. The first kappa shape index (κ1) is 25.4. The predicted octanol–water partition coefficient (Wildman–Crippen LogP) is 4.20. The van der Waals surface area contributed by atoms with Gasteiger partial charge in [-0.25, -0.2) is 0 Å². The Labute approximate surface area is 195 Å². The Bertz CT molecular complexity index is 1020. The van der Waals surface area contributed by atoms with Crippen molar-refractivity contribution in [3.05, 3.63) is 89.4 Å². The molecule has 0 bridgehead atoms. The van der Waals surface area contributed by atoms with Crippen LogP contribution in [0.4, 0.5) is 11.4 Å². The fraction of sp³-hybridized carbons (Fsp3) is 0.269. The third-order valence-electron chi connectivity index (χ3n) is 4.64. The first-order valence-electron chi connectivity index (χ1n) is 11.0. The molecule has 0 atom stereocenters. The molecule has 0 fully saturated rings. The number of aromatic nitrogens is 1. The fourth-order valence-electron chi connectivity index (χ4n) is 2.92. The van der Waals surface area contributed by atoms with Gasteiger partial charge < -0.3 is 21.7 Å². The van der Waals surface area contributed by atoms with E-state index in [-0.39, 0.29) is 11.8 Å². The van der Waals surface area contributed by atoms with Crippen molar-refractivity contribution < 1.29 is 9.59 Å². The maximum absolute atomic E-state index is 12.7. The lowest BCUT2D eigenvalue weighted by Gasteiger charge is -2.09. The number of nitrogens with one attached hydrogen (secondary N) is 3. The predicted molar refractivity (Wildman–Crippen MR) is 135 cm³/mol. The molecule has 2 rings (SSSR count). The van der Waals surface area contributed by atoms with Gasteiger partial charge in [0.05, 0.1) is 16.9 Å². The largest absolute Gasteiger partial charge is 0.397 e. The minimum atomic E-state index is -0.220. The second-order valence-corrected chi connectivity index (χ2v) is 7.87. The number of anilines is 2. The SMILES string of the molecule is CC(C)=C/C(=C\C=C(/C)NCCCCNC(=O)c1cccnc1)C(=O)Nc1ccccc1N. The summed E-state index contributed by atoms with van der Waals surface area (Å²) in [5.41, 5.74) is 10.1. The zero-order valence-corrected chi connectivity index (χ0v) is 19.5. The summed E-state index contributed by atoms with van der Waals surface area (Å²) < 4.78 is 0. The number of nitrogen functional groups attached to an aromatic ring is 1. The molecule has 5 N–H and O–H groups in total. The van der Waals surface area contributed by atoms with Gasteiger partial charge in [-0.1, -0.05) is 23.8 Å². The summed E-state index contributed by atoms with van der Waals surface area (Å²) in [6, 6.07) is 10.7. The summed E-state index contributed by atoms with van der Waals surface area (Å²) >= 11 is 0. The Hall–Kier alpha value is -3.87. The highest BCUT2D eigenvalue weighted by Gasteiger charge is 2.09. The van der Waals surface area contributed by atoms with Crippen molar-refractivity contribution in [2.45, 2.75) is 33.6 Å². The van der Waals surface area contributed by atoms with Crippen LogP contribution >= 0.6 is 0 Å². The highest BCUT2D eigenvalue weighted by atomic mass is 16.2. The standard InChI is InChI=1S/C26H33N5O2/c1-19(2)17-21(26(33)31-24-11-5-4-10-23(24)27)13-12-20(3)29-15-6-7-16-30-25(32)22-9-8-14-28-18-22/h4-5,8-14,17-18,29H,6-7,15-16,27H2,1-3H3,(H,30,32)(H,31,33)/b20-12+,21-13+. The number of hydrogen-bond donors (Lipinski definition) is 4. The summed E-state index contributed by atoms with van der Waals surface area (Å²) in [7, 11) is 0. The molecular formula is C26H33N5O2. The number of pyridine rings is 1. The third-order valence-corrected chi connectivity index (χ3v) is 4.64. The van der Waals surface area contributed by atoms with Crippen LogP contribution < -0.4 is 21.7 Å². The Morgan fingerprint density at radius 2 is 1.70 bits per heavy atom. The van der Waals surface area contributed by atoms with Crippen LogP contribution in [0.2, 0.25) is 0 Å². The highest BCUT2D eigenvalue weighted by molar-refractivity contribution is 6.07. The minimum Gasteiger partial charge on any atom is -0.397 e. The molecule has 0 unspecified atom stereocenters. The molecule has 2 amide bonds. The molecular weight excluding hydrogens is 414 g/mol. The third kappa shape index (κ3) is 9.43. The summed E-state index contributed by atoms with van der Waals surface area (Å²) in [4.78, 5) is 28.7. The summed E-state index contributed by atoms with van der Waals surface area (Å²) in [5, 5.41) is 9.08. The van der Waals surface area contributed by atoms with Gasteiger partial charge in [0.2, 0.25) is 0 Å². The molecule has 33 heavy (non-hydrogen) atoms. The number of para-hydroxylation sites is 2. The van der Waals surface area contributed by atoms with Crippen LogP contribution in [0.25, 0.3) is 0 Å². The van der Waals surface area contributed by atoms with Crippen molar-refractivity contribution in [3.8, 4) is 0 Å². The van der Waals surface area contributed by atoms with E-state index in [0.717, 1.165) is 30.7 Å². The van der Waals surface area contributed by atoms with Crippen molar-refractivity contribution >= 4 is 23.2 Å². The molecule has 174 valence electrons. The first-order chi connectivity index (χ1) is 15.9. The topological polar surface area (TPSA) is 109 Å². The lowest BCUT2D eigenvalue weighted by atomic mass is 10.1. The monoisotopic (exact) mass is 447 g/mol. The normalized spacial score (nSPS) is 11.5. The fourth-order valence-corrected chi connectivity index (χ4v) is 2.92. The van der Waals surface area contributed by atoms with Gasteiger partial charge in [-0.15, -0.1) is 0 Å². The zero-order valence-electron chi connectivity index (χ0n) is 19.5. The van der Waals surface area contributed by atoms with Crippen LogP contribution in [0.1, 0.15) is 44.0 Å². The van der Waals surface area contributed by atoms with Crippen molar-refractivity contribution in [1.29, 1.82) is 0 Å². The van der Waals surface area contributed by atoms with Gasteiger partial charge in [0.1, 0.15) is 0 Å². The molecule has 1 aromatic heterocycles. The number of hydrogen-bond acceptors (Lipinski definition) is 5. The van der Waals surface area contributed by atoms with Crippen LogP contribution in [-0.4, -0.2) is 29.9 Å². The molecule has 0 spiro atoms. The van der Waals surface area contributed by atoms with Crippen molar-refractivity contribution in [2.75, 3.05) is 24.1 Å². The van der Waals surface area contributed by atoms with Crippen LogP contribution in [-0.2, 0) is 4.79 Å². The van der Waals surface area contributed by atoms with Gasteiger partial charge in [0.15, 0.2) is 0 Å². The first-order valence-corrected chi connectivity index (χ1v) is 11.0. The molecule has 0 aliphatic heterocycles. The molecule has 0 saturated heterocycles. The summed E-state index contributed by atoms with van der Waals surface area (Å²) in [6.07, 6.45) is 10.5. The lowest BCUT2D eigenvalue weighted by Crippen LogP contribution is -2.25. The molecule has 2 aromatic rings. The molecule has 0 radical (unpaired) electrons. The quantitative estimate of drug-likeness (QED) is 0.179. The van der Waals surface area contributed by atoms with E-state index in [1.807, 2.05) is 45.1 Å². The van der Waals surface area contributed by atoms with Gasteiger partial charge in [0.25, 0.3) is 11.8 Å². The number of carbonyl (C=O) groups is 2. The van der Waals surface area contributed by atoms with Gasteiger partial charge in [-0.05, 0) is 70.0 Å². The Morgan fingerprint density at radius 3 is 2.36 bits per heavy atom. The minimum absolute atomic E-state index is 0.111. The van der Waals surface area contributed by atoms with Crippen molar-refractivity contribution in [1.82, 2.24) is 15.6 Å². The number of nitrogens with zero attached hydrogens (tertiary/aromatic N) is 1. The summed E-state index contributed by atoms with van der Waals surface area (Å²) in [6.45, 7) is 7.21. The smallest absolute Gasteiger partial charge is 0.255 e. The number of rotatable bonds is 11. The number of benzene rings is 1. The molecule has 7 nitrogen and oxygen atoms in total. The van der Waals surface area contributed by atoms with Crippen LogP contribution in [0.15, 0.2) is 83.9 Å². The van der Waals surface area contributed by atoms with E-state index >= 15 is 0 Å². The maximum Gasteiger partial charge on any atom is 0.255 e. The average molecular weight is 448 g/mol. The molecule has 0 saturated carbocycles. The van der Waals surface area contributed by atoms with Gasteiger partial charge in [-0.3, -0.25) is 14.6 Å². The molecule has 1 aromatic carbocycles. The van der Waals surface area contributed by atoms with Crippen LogP contribution in [0.3, 0.4) is 0 Å². The van der Waals surface area contributed by atoms with Crippen molar-refractivity contribution in [2.24, 2.45) is 0 Å². The van der Waals surface area contributed by atoms with Gasteiger partial charge in [-0.2, -0.15) is 0 Å². The molecule has 7 heteroatoms. The van der Waals surface area contributed by atoms with E-state index in [1.54, 1.807) is 42.7 Å². The Balaban J connectivity index is 1.81. The second-order valence-electron chi connectivity index (χ2n) is 7.87. The number of allylic oxidation sites excluding steroid dienone is 4. The summed E-state index contributed by atoms with van der Waals surface area (Å²) in [5.74, 6) is -0.331. The van der Waals surface area contributed by atoms with E-state index in [0.29, 0.717) is 29.1 Å². The van der Waals surface area contributed by atoms with Gasteiger partial charge >= 0.3 is 0 Å². The van der Waals surface area contributed by atoms with E-state index in [4.69, 9.17) is 5.73 Å². The molecule has 0 aliphatic rings.